The van der Waals surface area contributed by atoms with Gasteiger partial charge >= 0.3 is 0 Å². The van der Waals surface area contributed by atoms with Crippen LogP contribution in [0.5, 0.6) is 0 Å². The number of anilines is 2. The summed E-state index contributed by atoms with van der Waals surface area (Å²) in [6, 6.07) is 14.8. The Bertz CT molecular complexity index is 1060. The van der Waals surface area contributed by atoms with E-state index in [-0.39, 0.29) is 10.7 Å². The summed E-state index contributed by atoms with van der Waals surface area (Å²) in [6.45, 7) is 1.15. The quantitative estimate of drug-likeness (QED) is 0.755. The van der Waals surface area contributed by atoms with Gasteiger partial charge in [-0.3, -0.25) is 0 Å². The molecule has 1 N–H and O–H groups in total. The highest BCUT2D eigenvalue weighted by Gasteiger charge is 2.27. The predicted octanol–water partition coefficient (Wildman–Crippen LogP) is 3.90. The number of sulfonamides is 1. The third-order valence-electron chi connectivity index (χ3n) is 4.50. The summed E-state index contributed by atoms with van der Waals surface area (Å²) >= 11 is 0. The number of para-hydroxylation sites is 1. The van der Waals surface area contributed by atoms with E-state index in [1.807, 2.05) is 0 Å². The van der Waals surface area contributed by atoms with E-state index in [1.165, 1.54) is 10.4 Å². The van der Waals surface area contributed by atoms with Gasteiger partial charge in [0.05, 0.1) is 16.1 Å². The number of nitrogens with one attached hydrogen (secondary N) is 1. The second kappa shape index (κ2) is 6.66. The summed E-state index contributed by atoms with van der Waals surface area (Å²) in [5.74, 6) is 0.138. The summed E-state index contributed by atoms with van der Waals surface area (Å²) in [4.78, 5) is 4.73. The molecule has 3 aromatic rings. The number of rotatable bonds is 4. The molecule has 1 aliphatic rings. The first kappa shape index (κ1) is 16.9. The summed E-state index contributed by atoms with van der Waals surface area (Å²) in [5.41, 5.74) is 0.985. The summed E-state index contributed by atoms with van der Waals surface area (Å²) in [7, 11) is -3.45. The molecule has 2 aromatic carbocycles. The lowest BCUT2D eigenvalue weighted by atomic mass is 10.2. The number of hydrogen-bond donors (Lipinski definition) is 1. The number of aromatic nitrogens is 1. The smallest absolute Gasteiger partial charge is 0.243 e. The molecule has 1 aromatic heterocycles. The van der Waals surface area contributed by atoms with Crippen LogP contribution in [0.2, 0.25) is 0 Å². The lowest BCUT2D eigenvalue weighted by Gasteiger charge is -2.16. The number of fused-ring (bicyclic) bond motifs is 1. The van der Waals surface area contributed by atoms with Crippen molar-refractivity contribution >= 4 is 32.4 Å². The van der Waals surface area contributed by atoms with Crippen molar-refractivity contribution in [2.24, 2.45) is 0 Å². The number of benzene rings is 2. The molecule has 0 atom stereocenters. The lowest BCUT2D eigenvalue weighted by Crippen LogP contribution is -2.27. The zero-order valence-corrected chi connectivity index (χ0v) is 14.8. The van der Waals surface area contributed by atoms with Crippen molar-refractivity contribution in [2.45, 2.75) is 17.7 Å². The van der Waals surface area contributed by atoms with Gasteiger partial charge in [0, 0.05) is 18.5 Å². The SMILES string of the molecule is O=S(=O)(c1ccc2nc(Nc3ccccc3F)ccc2c1)N1CCCC1. The second-order valence-electron chi connectivity index (χ2n) is 6.27. The number of hydrogen-bond acceptors (Lipinski definition) is 4. The first-order chi connectivity index (χ1) is 12.5. The molecule has 0 unspecified atom stereocenters. The van der Waals surface area contributed by atoms with Crippen LogP contribution < -0.4 is 5.32 Å². The molecule has 26 heavy (non-hydrogen) atoms. The summed E-state index contributed by atoms with van der Waals surface area (Å²) in [6.07, 6.45) is 1.80. The topological polar surface area (TPSA) is 62.3 Å². The molecule has 2 heterocycles. The van der Waals surface area contributed by atoms with Gasteiger partial charge in [-0.05, 0) is 55.3 Å². The van der Waals surface area contributed by atoms with Crippen LogP contribution in [-0.4, -0.2) is 30.8 Å². The van der Waals surface area contributed by atoms with E-state index in [0.29, 0.717) is 30.1 Å². The molecular formula is C19H18FN3O2S. The molecule has 1 fully saturated rings. The van der Waals surface area contributed by atoms with Gasteiger partial charge in [0.25, 0.3) is 0 Å². The Balaban J connectivity index is 1.65. The summed E-state index contributed by atoms with van der Waals surface area (Å²) in [5, 5.41) is 3.67. The molecule has 0 spiro atoms. The van der Waals surface area contributed by atoms with Gasteiger partial charge in [-0.1, -0.05) is 12.1 Å². The van der Waals surface area contributed by atoms with E-state index in [4.69, 9.17) is 0 Å². The molecule has 0 saturated carbocycles. The third-order valence-corrected chi connectivity index (χ3v) is 6.39. The average molecular weight is 371 g/mol. The number of pyridine rings is 1. The minimum absolute atomic E-state index is 0.281. The third kappa shape index (κ3) is 3.15. The van der Waals surface area contributed by atoms with Gasteiger partial charge in [-0.15, -0.1) is 0 Å². The minimum atomic E-state index is -3.45. The van der Waals surface area contributed by atoms with Crippen molar-refractivity contribution in [3.63, 3.8) is 0 Å². The van der Waals surface area contributed by atoms with Crippen molar-refractivity contribution in [1.82, 2.24) is 9.29 Å². The van der Waals surface area contributed by atoms with Crippen LogP contribution in [0.25, 0.3) is 10.9 Å². The van der Waals surface area contributed by atoms with Crippen molar-refractivity contribution in [3.8, 4) is 0 Å². The van der Waals surface area contributed by atoms with E-state index in [9.17, 15) is 12.8 Å². The Kier molecular flexibility index (Phi) is 4.34. The highest BCUT2D eigenvalue weighted by molar-refractivity contribution is 7.89. The van der Waals surface area contributed by atoms with Gasteiger partial charge in [0.15, 0.2) is 0 Å². The van der Waals surface area contributed by atoms with Gasteiger partial charge in [-0.25, -0.2) is 17.8 Å². The molecule has 0 aliphatic carbocycles. The lowest BCUT2D eigenvalue weighted by molar-refractivity contribution is 0.477. The molecule has 134 valence electrons. The monoisotopic (exact) mass is 371 g/mol. The van der Waals surface area contributed by atoms with Crippen molar-refractivity contribution < 1.29 is 12.8 Å². The standard InChI is InChI=1S/C19H18FN3O2S/c20-16-5-1-2-6-18(16)22-19-10-7-14-13-15(8-9-17(14)21-19)26(24,25)23-11-3-4-12-23/h1-2,5-10,13H,3-4,11-12H2,(H,21,22). The van der Waals surface area contributed by atoms with Crippen LogP contribution in [0.4, 0.5) is 15.9 Å². The fraction of sp³-hybridized carbons (Fsp3) is 0.211. The zero-order valence-electron chi connectivity index (χ0n) is 14.0. The Morgan fingerprint density at radius 2 is 1.77 bits per heavy atom. The van der Waals surface area contributed by atoms with Crippen LogP contribution in [0.15, 0.2) is 59.5 Å². The normalized spacial score (nSPS) is 15.4. The molecule has 1 saturated heterocycles. The molecule has 0 radical (unpaired) electrons. The average Bonchev–Trinajstić information content (AvgIpc) is 3.19. The first-order valence-corrected chi connectivity index (χ1v) is 9.90. The zero-order chi connectivity index (χ0) is 18.1. The minimum Gasteiger partial charge on any atom is -0.338 e. The maximum absolute atomic E-state index is 13.8. The van der Waals surface area contributed by atoms with Crippen LogP contribution in [0.1, 0.15) is 12.8 Å². The first-order valence-electron chi connectivity index (χ1n) is 8.46. The number of halogens is 1. The summed E-state index contributed by atoms with van der Waals surface area (Å²) < 4.78 is 40.6. The van der Waals surface area contributed by atoms with Gasteiger partial charge in [0.1, 0.15) is 11.6 Å². The highest BCUT2D eigenvalue weighted by Crippen LogP contribution is 2.26. The maximum atomic E-state index is 13.8. The van der Waals surface area contributed by atoms with Gasteiger partial charge < -0.3 is 5.32 Å². The van der Waals surface area contributed by atoms with Crippen LogP contribution >= 0.6 is 0 Å². The molecular weight excluding hydrogens is 353 g/mol. The molecule has 5 nitrogen and oxygen atoms in total. The molecule has 0 amide bonds. The fourth-order valence-electron chi connectivity index (χ4n) is 3.11. The van der Waals surface area contributed by atoms with Crippen LogP contribution in [-0.2, 0) is 10.0 Å². The van der Waals surface area contributed by atoms with Crippen LogP contribution in [0, 0.1) is 5.82 Å². The van der Waals surface area contributed by atoms with E-state index in [2.05, 4.69) is 10.3 Å². The molecule has 7 heteroatoms. The van der Waals surface area contributed by atoms with E-state index in [1.54, 1.807) is 48.5 Å². The fourth-order valence-corrected chi connectivity index (χ4v) is 4.66. The highest BCUT2D eigenvalue weighted by atomic mass is 32.2. The second-order valence-corrected chi connectivity index (χ2v) is 8.20. The largest absolute Gasteiger partial charge is 0.338 e. The Morgan fingerprint density at radius 1 is 1.00 bits per heavy atom. The maximum Gasteiger partial charge on any atom is 0.243 e. The number of nitrogens with zero attached hydrogens (tertiary/aromatic N) is 2. The van der Waals surface area contributed by atoms with E-state index in [0.717, 1.165) is 18.2 Å². The predicted molar refractivity (Wildman–Crippen MR) is 99.4 cm³/mol. The molecule has 1 aliphatic heterocycles. The Morgan fingerprint density at radius 3 is 2.54 bits per heavy atom. The van der Waals surface area contributed by atoms with Gasteiger partial charge in [-0.2, -0.15) is 4.31 Å². The Hall–Kier alpha value is -2.51. The van der Waals surface area contributed by atoms with Crippen molar-refractivity contribution in [1.29, 1.82) is 0 Å². The van der Waals surface area contributed by atoms with E-state index < -0.39 is 10.0 Å². The van der Waals surface area contributed by atoms with Crippen molar-refractivity contribution in [3.05, 3.63) is 60.4 Å². The van der Waals surface area contributed by atoms with E-state index >= 15 is 0 Å². The molecule has 0 bridgehead atoms. The Labute approximate surface area is 151 Å². The molecule has 4 rings (SSSR count). The van der Waals surface area contributed by atoms with Crippen molar-refractivity contribution in [2.75, 3.05) is 18.4 Å². The van der Waals surface area contributed by atoms with Gasteiger partial charge in [0.2, 0.25) is 10.0 Å². The van der Waals surface area contributed by atoms with Crippen LogP contribution in [0.3, 0.4) is 0 Å².